The van der Waals surface area contributed by atoms with Gasteiger partial charge in [-0.05, 0) is 50.3 Å². The molecule has 5 heterocycles. The number of anilines is 2. The summed E-state index contributed by atoms with van der Waals surface area (Å²) in [4.78, 5) is 72.6. The summed E-state index contributed by atoms with van der Waals surface area (Å²) in [5, 5.41) is 5.73. The third kappa shape index (κ3) is 6.57. The fourth-order valence-corrected chi connectivity index (χ4v) is 8.66. The number of Topliss-reactive ketones (excluding diaryl/α,β-unsaturated/α-hetero) is 1. The SMILES string of the molecule is [C-]#[N+]c1ncn2c1[C@@H](CC)N(C1CCCC1)c1nc(Cc3ccc(C(=O)CCCNc4cccc5c4CN(C4CCC(=O)NC4=O)C5=O)cc3OC)ncc1-2. The Balaban J connectivity index is 0.928. The van der Waals surface area contributed by atoms with Gasteiger partial charge in [0.25, 0.3) is 11.7 Å². The van der Waals surface area contributed by atoms with E-state index in [2.05, 4.69) is 32.3 Å². The largest absolute Gasteiger partial charge is 0.496 e. The summed E-state index contributed by atoms with van der Waals surface area (Å²) in [5.41, 5.74) is 5.30. The first kappa shape index (κ1) is 35.9. The van der Waals surface area contributed by atoms with Gasteiger partial charge in [-0.3, -0.25) is 29.1 Å². The van der Waals surface area contributed by atoms with Gasteiger partial charge in [0, 0.05) is 66.3 Å². The monoisotopic (exact) mass is 741 g/mol. The zero-order valence-corrected chi connectivity index (χ0v) is 31.0. The molecule has 2 aromatic heterocycles. The van der Waals surface area contributed by atoms with Crippen LogP contribution in [-0.2, 0) is 22.6 Å². The van der Waals surface area contributed by atoms with E-state index in [1.165, 1.54) is 17.7 Å². The minimum Gasteiger partial charge on any atom is -0.496 e. The molecule has 1 aliphatic carbocycles. The predicted octanol–water partition coefficient (Wildman–Crippen LogP) is 5.86. The average Bonchev–Trinajstić information content (AvgIpc) is 3.96. The van der Waals surface area contributed by atoms with E-state index in [1.54, 1.807) is 31.6 Å². The van der Waals surface area contributed by atoms with Gasteiger partial charge in [-0.2, -0.15) is 0 Å². The average molecular weight is 742 g/mol. The lowest BCUT2D eigenvalue weighted by Crippen LogP contribution is -2.52. The number of ketones is 1. The van der Waals surface area contributed by atoms with Crippen molar-refractivity contribution in [3.63, 3.8) is 0 Å². The van der Waals surface area contributed by atoms with Crippen molar-refractivity contribution in [1.29, 1.82) is 0 Å². The minimum absolute atomic E-state index is 0.00645. The Bertz CT molecular complexity index is 2240. The Morgan fingerprint density at radius 1 is 1.11 bits per heavy atom. The van der Waals surface area contributed by atoms with Gasteiger partial charge >= 0.3 is 0 Å². The number of benzene rings is 2. The maximum Gasteiger partial charge on any atom is 0.293 e. The lowest BCUT2D eigenvalue weighted by Gasteiger charge is -2.42. The van der Waals surface area contributed by atoms with Crippen molar-refractivity contribution >= 4 is 40.8 Å². The number of imidazole rings is 1. The Labute approximate surface area is 319 Å². The second kappa shape index (κ2) is 15.0. The van der Waals surface area contributed by atoms with Crippen molar-refractivity contribution in [3.8, 4) is 11.4 Å². The number of rotatable bonds is 12. The number of amides is 3. The summed E-state index contributed by atoms with van der Waals surface area (Å²) in [6.45, 7) is 10.7. The second-order valence-corrected chi connectivity index (χ2v) is 14.6. The maximum atomic E-state index is 13.3. The van der Waals surface area contributed by atoms with Gasteiger partial charge in [-0.15, -0.1) is 4.98 Å². The van der Waals surface area contributed by atoms with Gasteiger partial charge in [0.05, 0.1) is 25.0 Å². The molecule has 8 rings (SSSR count). The third-order valence-electron chi connectivity index (χ3n) is 11.4. The van der Waals surface area contributed by atoms with E-state index in [4.69, 9.17) is 21.3 Å². The zero-order chi connectivity index (χ0) is 38.2. The van der Waals surface area contributed by atoms with E-state index < -0.39 is 11.9 Å². The van der Waals surface area contributed by atoms with E-state index in [9.17, 15) is 19.2 Å². The van der Waals surface area contributed by atoms with Gasteiger partial charge in [-0.1, -0.05) is 44.5 Å². The number of ether oxygens (including phenoxy) is 1. The van der Waals surface area contributed by atoms with Crippen molar-refractivity contribution in [1.82, 2.24) is 29.7 Å². The van der Waals surface area contributed by atoms with E-state index >= 15 is 0 Å². The Kier molecular flexibility index (Phi) is 9.77. The van der Waals surface area contributed by atoms with Crippen LogP contribution in [0.25, 0.3) is 10.5 Å². The topological polar surface area (TPSA) is 156 Å². The molecule has 14 heteroatoms. The summed E-state index contributed by atoms with van der Waals surface area (Å²) >= 11 is 0. The molecule has 14 nitrogen and oxygen atoms in total. The number of aromatic nitrogens is 4. The van der Waals surface area contributed by atoms with E-state index in [0.717, 1.165) is 53.3 Å². The highest BCUT2D eigenvalue weighted by Gasteiger charge is 2.41. The Morgan fingerprint density at radius 3 is 2.71 bits per heavy atom. The van der Waals surface area contributed by atoms with Crippen LogP contribution in [0.5, 0.6) is 5.75 Å². The van der Waals surface area contributed by atoms with Crippen LogP contribution in [0.4, 0.5) is 17.3 Å². The van der Waals surface area contributed by atoms with Crippen molar-refractivity contribution in [2.75, 3.05) is 23.9 Å². The van der Waals surface area contributed by atoms with E-state index in [1.807, 2.05) is 29.0 Å². The van der Waals surface area contributed by atoms with Crippen LogP contribution in [0.2, 0.25) is 0 Å². The highest BCUT2D eigenvalue weighted by Crippen LogP contribution is 2.46. The fourth-order valence-electron chi connectivity index (χ4n) is 8.66. The lowest BCUT2D eigenvalue weighted by molar-refractivity contribution is -0.136. The molecule has 282 valence electrons. The number of imide groups is 1. The number of piperidine rings is 1. The van der Waals surface area contributed by atoms with Crippen LogP contribution >= 0.6 is 0 Å². The number of fused-ring (bicyclic) bond motifs is 4. The normalized spacial score (nSPS) is 19.1. The summed E-state index contributed by atoms with van der Waals surface area (Å²) in [6.07, 6.45) is 10.7. The van der Waals surface area contributed by atoms with E-state index in [-0.39, 0.29) is 36.6 Å². The molecule has 4 aromatic rings. The van der Waals surface area contributed by atoms with Gasteiger partial charge in [-0.25, -0.2) is 9.97 Å². The highest BCUT2D eigenvalue weighted by atomic mass is 16.5. The number of hydrogen-bond donors (Lipinski definition) is 2. The molecule has 1 unspecified atom stereocenters. The van der Waals surface area contributed by atoms with Crippen molar-refractivity contribution in [2.45, 2.75) is 95.8 Å². The number of methoxy groups -OCH3 is 1. The first-order valence-corrected chi connectivity index (χ1v) is 19.1. The minimum atomic E-state index is -0.677. The smallest absolute Gasteiger partial charge is 0.293 e. The standard InChI is InChI=1S/C41H43N9O5/c1-4-30-37-38(42-2)45-23-49(37)32-21-44-35(46-39(32)50(30)26-9-5-6-10-26)20-25-15-14-24(19-34(25)55-3)33(51)13-8-18-43-29-12-7-11-27-28(29)22-48(41(27)54)31-16-17-36(52)47-40(31)53/h7,11-12,14-15,19,21,23,26,30-31,43H,4-6,8-10,13,16-18,20,22H2,1,3H3,(H,47,52,53)/t30-,31?/m1/s1. The molecule has 3 aliphatic heterocycles. The molecule has 55 heavy (non-hydrogen) atoms. The molecule has 2 N–H and O–H groups in total. The van der Waals surface area contributed by atoms with Crippen LogP contribution in [0, 0.1) is 6.57 Å². The summed E-state index contributed by atoms with van der Waals surface area (Å²) in [6, 6.07) is 10.6. The first-order chi connectivity index (χ1) is 26.8. The molecular weight excluding hydrogens is 699 g/mol. The van der Waals surface area contributed by atoms with Gasteiger partial charge in [0.2, 0.25) is 11.8 Å². The molecule has 3 amide bonds. The lowest BCUT2D eigenvalue weighted by atomic mass is 10.0. The van der Waals surface area contributed by atoms with Crippen LogP contribution in [0.3, 0.4) is 0 Å². The van der Waals surface area contributed by atoms with Crippen molar-refractivity contribution < 1.29 is 23.9 Å². The molecule has 0 spiro atoms. The predicted molar refractivity (Wildman–Crippen MR) is 204 cm³/mol. The number of carbonyl (C=O) groups is 4. The van der Waals surface area contributed by atoms with Crippen molar-refractivity contribution in [3.05, 3.63) is 94.1 Å². The Hall–Kier alpha value is -6.10. The molecule has 2 fully saturated rings. The van der Waals surface area contributed by atoms with Crippen molar-refractivity contribution in [2.24, 2.45) is 0 Å². The molecule has 2 aromatic carbocycles. The molecule has 4 aliphatic rings. The number of nitrogens with zero attached hydrogens (tertiary/aromatic N) is 7. The molecular formula is C41H43N9O5. The van der Waals surface area contributed by atoms with Crippen LogP contribution in [0.15, 0.2) is 48.9 Å². The maximum absolute atomic E-state index is 13.3. The van der Waals surface area contributed by atoms with Crippen LogP contribution in [0.1, 0.15) is 114 Å². The first-order valence-electron chi connectivity index (χ1n) is 19.1. The molecule has 0 bridgehead atoms. The van der Waals surface area contributed by atoms with Gasteiger partial charge in [0.15, 0.2) is 17.9 Å². The van der Waals surface area contributed by atoms with Gasteiger partial charge in [0.1, 0.15) is 23.3 Å². The molecule has 0 radical (unpaired) electrons. The quantitative estimate of drug-likeness (QED) is 0.0781. The molecule has 2 atom stereocenters. The number of hydrogen-bond acceptors (Lipinski definition) is 10. The van der Waals surface area contributed by atoms with E-state index in [0.29, 0.717) is 66.8 Å². The Morgan fingerprint density at radius 2 is 1.95 bits per heavy atom. The second-order valence-electron chi connectivity index (χ2n) is 14.6. The van der Waals surface area contributed by atoms with Gasteiger partial charge < -0.3 is 24.7 Å². The molecule has 1 saturated carbocycles. The highest BCUT2D eigenvalue weighted by molar-refractivity contribution is 6.06. The third-order valence-corrected chi connectivity index (χ3v) is 11.4. The summed E-state index contributed by atoms with van der Waals surface area (Å²) < 4.78 is 7.75. The molecule has 1 saturated heterocycles. The number of carbonyl (C=O) groups excluding carboxylic acids is 4. The number of nitrogens with one attached hydrogen (secondary N) is 2. The fraction of sp³-hybridized carbons (Fsp3) is 0.415. The van der Waals surface area contributed by atoms with Crippen LogP contribution in [-0.4, -0.2) is 73.7 Å². The summed E-state index contributed by atoms with van der Waals surface area (Å²) in [5.74, 6) is 1.53. The summed E-state index contributed by atoms with van der Waals surface area (Å²) in [7, 11) is 1.60. The zero-order valence-electron chi connectivity index (χ0n) is 31.0. The van der Waals surface area contributed by atoms with Crippen LogP contribution < -0.4 is 20.3 Å².